The van der Waals surface area contributed by atoms with Crippen molar-refractivity contribution in [2.45, 2.75) is 13.0 Å². The predicted octanol–water partition coefficient (Wildman–Crippen LogP) is 1.84. The zero-order valence-corrected chi connectivity index (χ0v) is 19.9. The molecule has 182 valence electrons. The zero-order chi connectivity index (χ0) is 25.3. The van der Waals surface area contributed by atoms with Crippen molar-refractivity contribution in [2.75, 3.05) is 36.2 Å². The van der Waals surface area contributed by atoms with Gasteiger partial charge in [-0.05, 0) is 23.8 Å². The van der Waals surface area contributed by atoms with E-state index in [0.29, 0.717) is 16.5 Å². The molecule has 2 amide bonds. The number of aromatic amines is 1. The first kappa shape index (κ1) is 24.1. The molecule has 1 aromatic heterocycles. The number of nitrogens with two attached hydrogens (primary N) is 1. The minimum atomic E-state index is -0.787. The molecule has 10 nitrogen and oxygen atoms in total. The van der Waals surface area contributed by atoms with E-state index in [4.69, 9.17) is 22.1 Å². The van der Waals surface area contributed by atoms with Crippen molar-refractivity contribution in [2.24, 2.45) is 5.92 Å². The van der Waals surface area contributed by atoms with Gasteiger partial charge in [-0.3, -0.25) is 23.9 Å². The Bertz CT molecular complexity index is 1400. The third-order valence-corrected chi connectivity index (χ3v) is 6.20. The lowest BCUT2D eigenvalue weighted by Gasteiger charge is -2.23. The van der Waals surface area contributed by atoms with Gasteiger partial charge < -0.3 is 20.3 Å². The Morgan fingerprint density at radius 1 is 1.20 bits per heavy atom. The molecule has 4 rings (SSSR count). The van der Waals surface area contributed by atoms with Gasteiger partial charge in [-0.25, -0.2) is 4.79 Å². The number of anilines is 3. The summed E-state index contributed by atoms with van der Waals surface area (Å²) in [5.41, 5.74) is 5.83. The van der Waals surface area contributed by atoms with Gasteiger partial charge in [0, 0.05) is 25.0 Å². The van der Waals surface area contributed by atoms with Crippen LogP contribution in [0.4, 0.5) is 17.2 Å². The summed E-state index contributed by atoms with van der Waals surface area (Å²) < 4.78 is 6.53. The maximum atomic E-state index is 13.3. The van der Waals surface area contributed by atoms with E-state index in [2.05, 4.69) is 4.98 Å². The minimum Gasteiger partial charge on any atom is -0.495 e. The van der Waals surface area contributed by atoms with Crippen LogP contribution in [0.25, 0.3) is 0 Å². The number of carbonyl (C=O) groups excluding carboxylic acids is 2. The van der Waals surface area contributed by atoms with Crippen LogP contribution in [-0.2, 0) is 16.1 Å². The van der Waals surface area contributed by atoms with Gasteiger partial charge in [-0.1, -0.05) is 41.9 Å². The molecule has 0 aliphatic carbocycles. The molecule has 2 aromatic carbocycles. The van der Waals surface area contributed by atoms with E-state index in [1.165, 1.54) is 23.6 Å². The number of rotatable bonds is 6. The third-order valence-electron chi connectivity index (χ3n) is 5.97. The van der Waals surface area contributed by atoms with E-state index in [9.17, 15) is 19.2 Å². The van der Waals surface area contributed by atoms with Crippen LogP contribution >= 0.6 is 11.6 Å². The van der Waals surface area contributed by atoms with E-state index in [1.54, 1.807) is 18.2 Å². The first-order valence-electron chi connectivity index (χ1n) is 10.8. The van der Waals surface area contributed by atoms with Gasteiger partial charge in [0.15, 0.2) is 5.69 Å². The Balaban J connectivity index is 1.62. The second-order valence-electron chi connectivity index (χ2n) is 8.18. The summed E-state index contributed by atoms with van der Waals surface area (Å²) in [6.07, 6.45) is -0.0691. The fourth-order valence-electron chi connectivity index (χ4n) is 4.19. The summed E-state index contributed by atoms with van der Waals surface area (Å²) in [6, 6.07) is 14.0. The van der Waals surface area contributed by atoms with E-state index < -0.39 is 23.1 Å². The van der Waals surface area contributed by atoms with Gasteiger partial charge in [-0.2, -0.15) is 0 Å². The largest absolute Gasteiger partial charge is 0.495 e. The van der Waals surface area contributed by atoms with Crippen molar-refractivity contribution in [1.29, 1.82) is 0 Å². The van der Waals surface area contributed by atoms with Crippen LogP contribution in [0.3, 0.4) is 0 Å². The van der Waals surface area contributed by atoms with Crippen LogP contribution in [0.15, 0.2) is 58.1 Å². The number of nitrogens with zero attached hydrogens (tertiary/aromatic N) is 3. The molecule has 0 spiro atoms. The fourth-order valence-corrected chi connectivity index (χ4v) is 4.35. The molecule has 1 saturated heterocycles. The average molecular weight is 498 g/mol. The van der Waals surface area contributed by atoms with Crippen molar-refractivity contribution >= 4 is 40.6 Å². The minimum absolute atomic E-state index is 0.0691. The number of hydrogen-bond donors (Lipinski definition) is 2. The molecule has 0 saturated carbocycles. The van der Waals surface area contributed by atoms with Gasteiger partial charge in [0.05, 0.1) is 25.3 Å². The molecule has 3 aromatic rings. The lowest BCUT2D eigenvalue weighted by atomic mass is 10.1. The lowest BCUT2D eigenvalue weighted by molar-refractivity contribution is -0.124. The van der Waals surface area contributed by atoms with Crippen LogP contribution in [-0.4, -0.2) is 42.1 Å². The van der Waals surface area contributed by atoms with Gasteiger partial charge in [-0.15, -0.1) is 0 Å². The Morgan fingerprint density at radius 2 is 1.91 bits per heavy atom. The third kappa shape index (κ3) is 4.65. The molecular weight excluding hydrogens is 474 g/mol. The number of H-pyrrole nitrogens is 1. The maximum absolute atomic E-state index is 13.3. The zero-order valence-electron chi connectivity index (χ0n) is 19.2. The number of methoxy groups -OCH3 is 1. The summed E-state index contributed by atoms with van der Waals surface area (Å²) in [7, 11) is 2.87. The number of carbonyl (C=O) groups is 2. The number of ether oxygens (including phenoxy) is 1. The molecule has 35 heavy (non-hydrogen) atoms. The van der Waals surface area contributed by atoms with Crippen molar-refractivity contribution < 1.29 is 14.3 Å². The Kier molecular flexibility index (Phi) is 6.65. The molecule has 3 N–H and O–H groups in total. The monoisotopic (exact) mass is 497 g/mol. The first-order chi connectivity index (χ1) is 16.7. The van der Waals surface area contributed by atoms with Gasteiger partial charge in [0.2, 0.25) is 11.8 Å². The SMILES string of the molecule is COc1ccc(Cl)cc1N1C[C@@H](C(=O)N(C)c2c(N)n(Cc3ccccc3)c(=O)[nH]c2=O)CC1=O. The summed E-state index contributed by atoms with van der Waals surface area (Å²) in [5.74, 6) is -1.21. The predicted molar refractivity (Wildman–Crippen MR) is 133 cm³/mol. The highest BCUT2D eigenvalue weighted by atomic mass is 35.5. The molecule has 1 aliphatic rings. The first-order valence-corrected chi connectivity index (χ1v) is 11.2. The topological polar surface area (TPSA) is 131 Å². The van der Waals surface area contributed by atoms with Crippen LogP contribution in [0.2, 0.25) is 5.02 Å². The van der Waals surface area contributed by atoms with Crippen molar-refractivity contribution in [3.05, 3.63) is 80.0 Å². The van der Waals surface area contributed by atoms with E-state index >= 15 is 0 Å². The highest BCUT2D eigenvalue weighted by Gasteiger charge is 2.39. The molecular formula is C24H24ClN5O5. The second-order valence-corrected chi connectivity index (χ2v) is 8.62. The Morgan fingerprint density at radius 3 is 2.60 bits per heavy atom. The summed E-state index contributed by atoms with van der Waals surface area (Å²) in [5, 5.41) is 0.417. The molecule has 0 unspecified atom stereocenters. The standard InChI is InChI=1S/C24H24ClN5O5/c1-28(20-21(26)30(24(34)27-22(20)32)12-14-6-4-3-5-7-14)23(33)15-10-19(31)29(13-15)17-11-16(25)8-9-18(17)35-2/h3-9,11,15H,10,12-13,26H2,1-2H3,(H,27,32,34)/t15-/m0/s1. The van der Waals surface area contributed by atoms with E-state index in [1.807, 2.05) is 30.3 Å². The highest BCUT2D eigenvalue weighted by Crippen LogP contribution is 2.36. The number of nitrogen functional groups attached to an aromatic ring is 1. The number of hydrogen-bond acceptors (Lipinski definition) is 6. The quantitative estimate of drug-likeness (QED) is 0.534. The normalized spacial score (nSPS) is 15.3. The molecule has 0 bridgehead atoms. The smallest absolute Gasteiger partial charge is 0.330 e. The fraction of sp³-hybridized carbons (Fsp3) is 0.250. The molecule has 1 atom stereocenters. The van der Waals surface area contributed by atoms with Gasteiger partial charge >= 0.3 is 5.69 Å². The number of benzene rings is 2. The molecule has 0 radical (unpaired) electrons. The van der Waals surface area contributed by atoms with Gasteiger partial charge in [0.1, 0.15) is 11.6 Å². The van der Waals surface area contributed by atoms with E-state index in [0.717, 1.165) is 10.5 Å². The summed E-state index contributed by atoms with van der Waals surface area (Å²) in [6.45, 7) is 0.182. The highest BCUT2D eigenvalue weighted by molar-refractivity contribution is 6.31. The maximum Gasteiger partial charge on any atom is 0.330 e. The Labute approximate surface area is 205 Å². The number of nitrogens with one attached hydrogen (secondary N) is 1. The number of amides is 2. The van der Waals surface area contributed by atoms with Crippen LogP contribution < -0.4 is 31.5 Å². The average Bonchev–Trinajstić information content (AvgIpc) is 3.23. The molecule has 1 fully saturated rings. The lowest BCUT2D eigenvalue weighted by Crippen LogP contribution is -2.42. The Hall–Kier alpha value is -4.05. The van der Waals surface area contributed by atoms with Crippen LogP contribution in [0, 0.1) is 5.92 Å². The second kappa shape index (κ2) is 9.67. The van der Waals surface area contributed by atoms with Gasteiger partial charge in [0.25, 0.3) is 5.56 Å². The van der Waals surface area contributed by atoms with Crippen LogP contribution in [0.1, 0.15) is 12.0 Å². The number of aromatic nitrogens is 2. The van der Waals surface area contributed by atoms with Crippen molar-refractivity contribution in [3.63, 3.8) is 0 Å². The van der Waals surface area contributed by atoms with Crippen LogP contribution in [0.5, 0.6) is 5.75 Å². The summed E-state index contributed by atoms with van der Waals surface area (Å²) >= 11 is 6.10. The molecule has 2 heterocycles. The summed E-state index contributed by atoms with van der Waals surface area (Å²) in [4.78, 5) is 56.0. The molecule has 11 heteroatoms. The van der Waals surface area contributed by atoms with E-state index in [-0.39, 0.29) is 36.9 Å². The van der Waals surface area contributed by atoms with Crippen molar-refractivity contribution in [1.82, 2.24) is 9.55 Å². The number of halogens is 1. The molecule has 1 aliphatic heterocycles. The van der Waals surface area contributed by atoms with Crippen molar-refractivity contribution in [3.8, 4) is 5.75 Å².